The molecule has 0 radical (unpaired) electrons. The lowest BCUT2D eigenvalue weighted by molar-refractivity contribution is 0.0690. The largest absolute Gasteiger partial charge is 0.476 e. The number of carboxylic acids is 1. The molecule has 0 amide bonds. The molecule has 1 saturated heterocycles. The number of piperidine rings is 1. The molecule has 0 spiro atoms. The first-order valence-corrected chi connectivity index (χ1v) is 5.65. The fourth-order valence-electron chi connectivity index (χ4n) is 2.01. The maximum Gasteiger partial charge on any atom is 0.356 e. The summed E-state index contributed by atoms with van der Waals surface area (Å²) in [6.07, 6.45) is 5.01. The SMILES string of the molecule is CN1CCCC(Nc2cnc(C(=O)O)cn2)C1. The van der Waals surface area contributed by atoms with Gasteiger partial charge in [0.1, 0.15) is 5.82 Å². The second kappa shape index (κ2) is 5.09. The van der Waals surface area contributed by atoms with Gasteiger partial charge in [-0.15, -0.1) is 0 Å². The summed E-state index contributed by atoms with van der Waals surface area (Å²) in [5, 5.41) is 12.0. The Kier molecular flexibility index (Phi) is 3.53. The van der Waals surface area contributed by atoms with Crippen LogP contribution in [0.25, 0.3) is 0 Å². The molecule has 1 aromatic rings. The van der Waals surface area contributed by atoms with Crippen LogP contribution in [0.4, 0.5) is 5.82 Å². The number of nitrogens with one attached hydrogen (secondary N) is 1. The number of hydrogen-bond acceptors (Lipinski definition) is 5. The highest BCUT2D eigenvalue weighted by Crippen LogP contribution is 2.12. The molecule has 6 nitrogen and oxygen atoms in total. The third kappa shape index (κ3) is 3.13. The lowest BCUT2D eigenvalue weighted by Gasteiger charge is -2.30. The van der Waals surface area contributed by atoms with Crippen LogP contribution in [0.1, 0.15) is 23.3 Å². The second-order valence-electron chi connectivity index (χ2n) is 4.34. The maximum atomic E-state index is 10.6. The summed E-state index contributed by atoms with van der Waals surface area (Å²) in [5.74, 6) is -0.420. The van der Waals surface area contributed by atoms with Gasteiger partial charge in [-0.05, 0) is 26.4 Å². The molecule has 1 aliphatic heterocycles. The molecule has 0 aliphatic carbocycles. The predicted octanol–water partition coefficient (Wildman–Crippen LogP) is 0.681. The number of anilines is 1. The molecule has 1 aromatic heterocycles. The summed E-state index contributed by atoms with van der Waals surface area (Å²) in [5.41, 5.74) is -0.0312. The highest BCUT2D eigenvalue weighted by atomic mass is 16.4. The smallest absolute Gasteiger partial charge is 0.356 e. The zero-order chi connectivity index (χ0) is 12.3. The number of carbonyl (C=O) groups is 1. The lowest BCUT2D eigenvalue weighted by atomic mass is 10.1. The van der Waals surface area contributed by atoms with E-state index >= 15 is 0 Å². The van der Waals surface area contributed by atoms with Crippen molar-refractivity contribution in [2.24, 2.45) is 0 Å². The van der Waals surface area contributed by atoms with Crippen molar-refractivity contribution in [3.63, 3.8) is 0 Å². The van der Waals surface area contributed by atoms with E-state index in [0.29, 0.717) is 11.9 Å². The Morgan fingerprint density at radius 3 is 2.94 bits per heavy atom. The quantitative estimate of drug-likeness (QED) is 0.803. The standard InChI is InChI=1S/C11H16N4O2/c1-15-4-2-3-8(7-15)14-10-6-12-9(5-13-10)11(16)17/h5-6,8H,2-4,7H2,1H3,(H,13,14)(H,16,17). The first kappa shape index (κ1) is 11.8. The van der Waals surface area contributed by atoms with E-state index in [9.17, 15) is 4.79 Å². The summed E-state index contributed by atoms with van der Waals surface area (Å²) < 4.78 is 0. The van der Waals surface area contributed by atoms with Gasteiger partial charge < -0.3 is 15.3 Å². The van der Waals surface area contributed by atoms with Crippen LogP contribution in [0.3, 0.4) is 0 Å². The lowest BCUT2D eigenvalue weighted by Crippen LogP contribution is -2.39. The Hall–Kier alpha value is -1.69. The van der Waals surface area contributed by atoms with E-state index in [1.54, 1.807) is 0 Å². The predicted molar refractivity (Wildman–Crippen MR) is 63.1 cm³/mol. The molecule has 6 heteroatoms. The highest BCUT2D eigenvalue weighted by molar-refractivity contribution is 5.84. The van der Waals surface area contributed by atoms with Crippen LogP contribution >= 0.6 is 0 Å². The number of carboxylic acid groups (broad SMARTS) is 1. The number of likely N-dealkylation sites (tertiary alicyclic amines) is 1. The van der Waals surface area contributed by atoms with Gasteiger partial charge in [-0.25, -0.2) is 14.8 Å². The Morgan fingerprint density at radius 1 is 1.53 bits per heavy atom. The third-order valence-corrected chi connectivity index (χ3v) is 2.85. The number of rotatable bonds is 3. The zero-order valence-corrected chi connectivity index (χ0v) is 9.76. The summed E-state index contributed by atoms with van der Waals surface area (Å²) in [6, 6.07) is 0.360. The van der Waals surface area contributed by atoms with Gasteiger partial charge in [-0.1, -0.05) is 0 Å². The molecule has 0 aromatic carbocycles. The molecule has 2 rings (SSSR count). The van der Waals surface area contributed by atoms with E-state index in [2.05, 4.69) is 27.2 Å². The van der Waals surface area contributed by atoms with E-state index in [1.807, 2.05) is 0 Å². The molecular formula is C11H16N4O2. The highest BCUT2D eigenvalue weighted by Gasteiger charge is 2.17. The van der Waals surface area contributed by atoms with E-state index < -0.39 is 5.97 Å². The molecule has 1 atom stereocenters. The molecule has 0 bridgehead atoms. The fraction of sp³-hybridized carbons (Fsp3) is 0.545. The van der Waals surface area contributed by atoms with Gasteiger partial charge in [0.05, 0.1) is 12.4 Å². The molecule has 1 unspecified atom stereocenters. The number of hydrogen-bond donors (Lipinski definition) is 2. The molecular weight excluding hydrogens is 220 g/mol. The van der Waals surface area contributed by atoms with E-state index in [0.717, 1.165) is 25.9 Å². The molecule has 17 heavy (non-hydrogen) atoms. The number of aromatic nitrogens is 2. The van der Waals surface area contributed by atoms with Crippen molar-refractivity contribution in [3.8, 4) is 0 Å². The van der Waals surface area contributed by atoms with Crippen LogP contribution in [0.15, 0.2) is 12.4 Å². The molecule has 1 fully saturated rings. The monoisotopic (exact) mass is 236 g/mol. The Bertz CT molecular complexity index is 393. The minimum atomic E-state index is -1.05. The first-order chi connectivity index (χ1) is 8.15. The Balaban J connectivity index is 1.96. The van der Waals surface area contributed by atoms with Gasteiger partial charge in [0.15, 0.2) is 5.69 Å². The van der Waals surface area contributed by atoms with Crippen molar-refractivity contribution >= 4 is 11.8 Å². The molecule has 1 aliphatic rings. The van der Waals surface area contributed by atoms with Crippen molar-refractivity contribution in [1.82, 2.24) is 14.9 Å². The number of likely N-dealkylation sites (N-methyl/N-ethyl adjacent to an activating group) is 1. The van der Waals surface area contributed by atoms with Crippen LogP contribution in [0, 0.1) is 0 Å². The Morgan fingerprint density at radius 2 is 2.35 bits per heavy atom. The van der Waals surface area contributed by atoms with E-state index in [4.69, 9.17) is 5.11 Å². The minimum absolute atomic E-state index is 0.0312. The van der Waals surface area contributed by atoms with Crippen molar-refractivity contribution < 1.29 is 9.90 Å². The van der Waals surface area contributed by atoms with Crippen LogP contribution < -0.4 is 5.32 Å². The summed E-state index contributed by atoms with van der Waals surface area (Å²) in [4.78, 5) is 20.8. The average molecular weight is 236 g/mol. The second-order valence-corrected chi connectivity index (χ2v) is 4.34. The number of aromatic carboxylic acids is 1. The summed E-state index contributed by atoms with van der Waals surface area (Å²) in [7, 11) is 2.09. The van der Waals surface area contributed by atoms with Crippen LogP contribution in [0.5, 0.6) is 0 Å². The number of nitrogens with zero attached hydrogens (tertiary/aromatic N) is 3. The van der Waals surface area contributed by atoms with Gasteiger partial charge in [0.25, 0.3) is 0 Å². The zero-order valence-electron chi connectivity index (χ0n) is 9.76. The molecule has 92 valence electrons. The topological polar surface area (TPSA) is 78.4 Å². The fourth-order valence-corrected chi connectivity index (χ4v) is 2.01. The first-order valence-electron chi connectivity index (χ1n) is 5.65. The van der Waals surface area contributed by atoms with Gasteiger partial charge in [-0.3, -0.25) is 0 Å². The van der Waals surface area contributed by atoms with Crippen molar-refractivity contribution in [1.29, 1.82) is 0 Å². The van der Waals surface area contributed by atoms with Gasteiger partial charge in [0, 0.05) is 12.6 Å². The van der Waals surface area contributed by atoms with E-state index in [-0.39, 0.29) is 5.69 Å². The van der Waals surface area contributed by atoms with Gasteiger partial charge in [-0.2, -0.15) is 0 Å². The summed E-state index contributed by atoms with van der Waals surface area (Å²) >= 11 is 0. The van der Waals surface area contributed by atoms with E-state index in [1.165, 1.54) is 12.4 Å². The molecule has 0 saturated carbocycles. The Labute approximate surface area is 99.7 Å². The summed E-state index contributed by atoms with van der Waals surface area (Å²) in [6.45, 7) is 2.10. The van der Waals surface area contributed by atoms with Crippen molar-refractivity contribution in [2.75, 3.05) is 25.5 Å². The minimum Gasteiger partial charge on any atom is -0.476 e. The third-order valence-electron chi connectivity index (χ3n) is 2.85. The molecule has 2 heterocycles. The average Bonchev–Trinajstić information content (AvgIpc) is 2.29. The normalized spacial score (nSPS) is 21.1. The van der Waals surface area contributed by atoms with Crippen molar-refractivity contribution in [2.45, 2.75) is 18.9 Å². The molecule has 2 N–H and O–H groups in total. The van der Waals surface area contributed by atoms with Crippen LogP contribution in [-0.4, -0.2) is 52.1 Å². The van der Waals surface area contributed by atoms with Crippen LogP contribution in [-0.2, 0) is 0 Å². The maximum absolute atomic E-state index is 10.6. The van der Waals surface area contributed by atoms with Gasteiger partial charge in [0.2, 0.25) is 0 Å². The van der Waals surface area contributed by atoms with Crippen LogP contribution in [0.2, 0.25) is 0 Å². The van der Waals surface area contributed by atoms with Crippen molar-refractivity contribution in [3.05, 3.63) is 18.1 Å². The van der Waals surface area contributed by atoms with Gasteiger partial charge >= 0.3 is 5.97 Å².